The lowest BCUT2D eigenvalue weighted by Gasteiger charge is -2.22. The van der Waals surface area contributed by atoms with Gasteiger partial charge in [-0.15, -0.1) is 0 Å². The SMILES string of the molecule is C[C@@]1(c2ccc([N+](=O)[O-])cc2)NC(=O)N(CCCc2ccccc2)C1=O. The highest BCUT2D eigenvalue weighted by Gasteiger charge is 2.48. The van der Waals surface area contributed by atoms with Gasteiger partial charge in [-0.1, -0.05) is 30.3 Å². The maximum Gasteiger partial charge on any atom is 0.325 e. The molecule has 26 heavy (non-hydrogen) atoms. The van der Waals surface area contributed by atoms with E-state index in [1.807, 2.05) is 30.3 Å². The predicted molar refractivity (Wildman–Crippen MR) is 95.5 cm³/mol. The molecular formula is C19H19N3O4. The maximum atomic E-state index is 12.8. The van der Waals surface area contributed by atoms with Crippen LogP contribution in [-0.4, -0.2) is 28.3 Å². The number of non-ortho nitro benzene ring substituents is 1. The molecule has 1 N–H and O–H groups in total. The Balaban J connectivity index is 1.70. The summed E-state index contributed by atoms with van der Waals surface area (Å²) in [7, 11) is 0. The van der Waals surface area contributed by atoms with Gasteiger partial charge in [-0.05, 0) is 43.0 Å². The van der Waals surface area contributed by atoms with Crippen molar-refractivity contribution < 1.29 is 14.5 Å². The summed E-state index contributed by atoms with van der Waals surface area (Å²) in [6.07, 6.45) is 1.44. The number of nitro benzene ring substituents is 1. The first-order valence-corrected chi connectivity index (χ1v) is 8.35. The zero-order chi connectivity index (χ0) is 18.7. The summed E-state index contributed by atoms with van der Waals surface area (Å²) in [5.74, 6) is -0.343. The zero-order valence-electron chi connectivity index (χ0n) is 14.3. The third kappa shape index (κ3) is 3.28. The van der Waals surface area contributed by atoms with Gasteiger partial charge in [-0.3, -0.25) is 19.8 Å². The summed E-state index contributed by atoms with van der Waals surface area (Å²) in [5, 5.41) is 13.5. The van der Waals surface area contributed by atoms with Crippen molar-refractivity contribution in [2.45, 2.75) is 25.3 Å². The highest BCUT2D eigenvalue weighted by molar-refractivity contribution is 6.07. The van der Waals surface area contributed by atoms with Crippen LogP contribution >= 0.6 is 0 Å². The van der Waals surface area contributed by atoms with Crippen LogP contribution in [0.25, 0.3) is 0 Å². The molecule has 1 heterocycles. The molecule has 0 saturated carbocycles. The summed E-state index contributed by atoms with van der Waals surface area (Å²) in [6.45, 7) is 1.94. The number of carbonyl (C=O) groups excluding carboxylic acids is 2. The van der Waals surface area contributed by atoms with E-state index in [1.54, 1.807) is 6.92 Å². The van der Waals surface area contributed by atoms with Crippen molar-refractivity contribution in [3.05, 3.63) is 75.8 Å². The molecule has 7 heteroatoms. The third-order valence-corrected chi connectivity index (χ3v) is 4.62. The van der Waals surface area contributed by atoms with Gasteiger partial charge in [0.2, 0.25) is 0 Å². The first-order valence-electron chi connectivity index (χ1n) is 8.35. The lowest BCUT2D eigenvalue weighted by Crippen LogP contribution is -2.41. The third-order valence-electron chi connectivity index (χ3n) is 4.62. The monoisotopic (exact) mass is 353 g/mol. The summed E-state index contributed by atoms with van der Waals surface area (Å²) in [6, 6.07) is 15.1. The molecule has 134 valence electrons. The summed E-state index contributed by atoms with van der Waals surface area (Å²) < 4.78 is 0. The van der Waals surface area contributed by atoms with Gasteiger partial charge in [0.1, 0.15) is 5.54 Å². The number of benzene rings is 2. The molecule has 0 aromatic heterocycles. The van der Waals surface area contributed by atoms with Crippen molar-refractivity contribution in [2.24, 2.45) is 0 Å². The standard InChI is InChI=1S/C19H19N3O4/c1-19(15-9-11-16(12-10-15)22(25)26)17(23)21(18(24)20-19)13-5-8-14-6-3-2-4-7-14/h2-4,6-7,9-12H,5,8,13H2,1H3,(H,20,24)/t19-/m0/s1. The summed E-state index contributed by atoms with van der Waals surface area (Å²) in [4.78, 5) is 36.6. The van der Waals surface area contributed by atoms with Gasteiger partial charge in [-0.2, -0.15) is 0 Å². The number of rotatable bonds is 6. The normalized spacial score (nSPS) is 19.5. The first kappa shape index (κ1) is 17.6. The second kappa shape index (κ2) is 6.95. The Morgan fingerprint density at radius 3 is 2.35 bits per heavy atom. The predicted octanol–water partition coefficient (Wildman–Crippen LogP) is 2.99. The molecule has 0 radical (unpaired) electrons. The topological polar surface area (TPSA) is 92.6 Å². The van der Waals surface area contributed by atoms with E-state index in [4.69, 9.17) is 0 Å². The van der Waals surface area contributed by atoms with Gasteiger partial charge in [0, 0.05) is 18.7 Å². The molecule has 0 bridgehead atoms. The van der Waals surface area contributed by atoms with Crippen molar-refractivity contribution in [1.82, 2.24) is 10.2 Å². The number of aryl methyl sites for hydroxylation is 1. The summed E-state index contributed by atoms with van der Waals surface area (Å²) >= 11 is 0. The number of carbonyl (C=O) groups is 2. The molecule has 0 spiro atoms. The minimum atomic E-state index is -1.21. The molecule has 0 aliphatic carbocycles. The number of hydrogen-bond donors (Lipinski definition) is 1. The Morgan fingerprint density at radius 1 is 1.08 bits per heavy atom. The Bertz CT molecular complexity index is 836. The molecule has 3 amide bonds. The Kier molecular flexibility index (Phi) is 4.71. The Morgan fingerprint density at radius 2 is 1.73 bits per heavy atom. The van der Waals surface area contributed by atoms with Crippen molar-refractivity contribution in [2.75, 3.05) is 6.54 Å². The molecule has 1 aliphatic heterocycles. The molecule has 0 unspecified atom stereocenters. The van der Waals surface area contributed by atoms with E-state index in [0.29, 0.717) is 18.5 Å². The van der Waals surface area contributed by atoms with Crippen LogP contribution in [0.4, 0.5) is 10.5 Å². The van der Waals surface area contributed by atoms with Gasteiger partial charge in [0.15, 0.2) is 0 Å². The second-order valence-electron chi connectivity index (χ2n) is 6.41. The van der Waals surface area contributed by atoms with Crippen molar-refractivity contribution >= 4 is 17.6 Å². The molecule has 2 aromatic rings. The fraction of sp³-hybridized carbons (Fsp3) is 0.263. The average Bonchev–Trinajstić information content (AvgIpc) is 2.86. The van der Waals surface area contributed by atoms with Crippen LogP contribution in [-0.2, 0) is 16.8 Å². The van der Waals surface area contributed by atoms with E-state index in [1.165, 1.54) is 29.2 Å². The Labute approximate surface area is 150 Å². The van der Waals surface area contributed by atoms with E-state index in [0.717, 1.165) is 12.0 Å². The first-order chi connectivity index (χ1) is 12.4. The second-order valence-corrected chi connectivity index (χ2v) is 6.41. The van der Waals surface area contributed by atoms with Crippen LogP contribution < -0.4 is 5.32 Å². The fourth-order valence-electron chi connectivity index (χ4n) is 3.10. The van der Waals surface area contributed by atoms with Gasteiger partial charge in [0.05, 0.1) is 4.92 Å². The lowest BCUT2D eigenvalue weighted by atomic mass is 9.92. The van der Waals surface area contributed by atoms with Gasteiger partial charge < -0.3 is 5.32 Å². The zero-order valence-corrected chi connectivity index (χ0v) is 14.3. The highest BCUT2D eigenvalue weighted by Crippen LogP contribution is 2.30. The molecule has 2 aromatic carbocycles. The lowest BCUT2D eigenvalue weighted by molar-refractivity contribution is -0.384. The van der Waals surface area contributed by atoms with E-state index < -0.39 is 16.5 Å². The number of nitro groups is 1. The molecule has 3 rings (SSSR count). The smallest absolute Gasteiger partial charge is 0.319 e. The van der Waals surface area contributed by atoms with Crippen LogP contribution in [0.15, 0.2) is 54.6 Å². The molecule has 7 nitrogen and oxygen atoms in total. The highest BCUT2D eigenvalue weighted by atomic mass is 16.6. The number of urea groups is 1. The van der Waals surface area contributed by atoms with Crippen LogP contribution in [0.1, 0.15) is 24.5 Å². The van der Waals surface area contributed by atoms with Crippen LogP contribution in [0, 0.1) is 10.1 Å². The fourth-order valence-corrected chi connectivity index (χ4v) is 3.10. The average molecular weight is 353 g/mol. The molecule has 1 aliphatic rings. The minimum absolute atomic E-state index is 0.0613. The number of amides is 3. The van der Waals surface area contributed by atoms with E-state index in [-0.39, 0.29) is 11.6 Å². The van der Waals surface area contributed by atoms with Crippen LogP contribution in [0.5, 0.6) is 0 Å². The molecule has 1 fully saturated rings. The van der Waals surface area contributed by atoms with Crippen LogP contribution in [0.3, 0.4) is 0 Å². The van der Waals surface area contributed by atoms with Crippen molar-refractivity contribution in [1.29, 1.82) is 0 Å². The molecule has 1 saturated heterocycles. The van der Waals surface area contributed by atoms with Crippen LogP contribution in [0.2, 0.25) is 0 Å². The van der Waals surface area contributed by atoms with E-state index in [2.05, 4.69) is 5.32 Å². The van der Waals surface area contributed by atoms with Crippen molar-refractivity contribution in [3.8, 4) is 0 Å². The molecular weight excluding hydrogens is 334 g/mol. The quantitative estimate of drug-likeness (QED) is 0.491. The van der Waals surface area contributed by atoms with Crippen molar-refractivity contribution in [3.63, 3.8) is 0 Å². The van der Waals surface area contributed by atoms with Gasteiger partial charge >= 0.3 is 6.03 Å². The maximum absolute atomic E-state index is 12.8. The summed E-state index contributed by atoms with van der Waals surface area (Å²) in [5.41, 5.74) is 0.400. The van der Waals surface area contributed by atoms with E-state index in [9.17, 15) is 19.7 Å². The number of hydrogen-bond acceptors (Lipinski definition) is 4. The van der Waals surface area contributed by atoms with Gasteiger partial charge in [0.25, 0.3) is 11.6 Å². The Hall–Kier alpha value is -3.22. The number of nitrogens with zero attached hydrogens (tertiary/aromatic N) is 2. The molecule has 1 atom stereocenters. The largest absolute Gasteiger partial charge is 0.325 e. The van der Waals surface area contributed by atoms with Gasteiger partial charge in [-0.25, -0.2) is 4.79 Å². The number of nitrogens with one attached hydrogen (secondary N) is 1. The number of imide groups is 1. The van der Waals surface area contributed by atoms with E-state index >= 15 is 0 Å². The minimum Gasteiger partial charge on any atom is -0.319 e.